The number of aromatic carboxylic acids is 1. The average molecular weight is 360 g/mol. The SMILES string of the molecule is Cc1c(F)cc(C(=O)O)c(C(=O)Cc2ccc(C#N)c(F)c2)c1[N+](=O)[O-]. The number of Topliss-reactive ketones (excluding diaryl/α,β-unsaturated/α-hetero) is 1. The number of carbonyl (C=O) groups is 2. The average Bonchev–Trinajstić information content (AvgIpc) is 2.56. The maximum atomic E-state index is 13.8. The van der Waals surface area contributed by atoms with Crippen LogP contribution in [-0.4, -0.2) is 21.8 Å². The second-order valence-corrected chi connectivity index (χ2v) is 5.34. The largest absolute Gasteiger partial charge is 0.478 e. The molecule has 0 saturated carbocycles. The smallest absolute Gasteiger partial charge is 0.336 e. The van der Waals surface area contributed by atoms with Crippen molar-refractivity contribution in [2.45, 2.75) is 13.3 Å². The summed E-state index contributed by atoms with van der Waals surface area (Å²) in [5.41, 5.74) is -3.20. The van der Waals surface area contributed by atoms with Crippen LogP contribution in [-0.2, 0) is 6.42 Å². The minimum atomic E-state index is -1.71. The summed E-state index contributed by atoms with van der Waals surface area (Å²) >= 11 is 0. The fourth-order valence-electron chi connectivity index (χ4n) is 2.45. The molecule has 2 aromatic rings. The van der Waals surface area contributed by atoms with Gasteiger partial charge in [-0.2, -0.15) is 5.26 Å². The van der Waals surface area contributed by atoms with Crippen LogP contribution >= 0.6 is 0 Å². The number of halogens is 2. The third kappa shape index (κ3) is 3.39. The number of ketones is 1. The van der Waals surface area contributed by atoms with Gasteiger partial charge < -0.3 is 5.11 Å². The topological polar surface area (TPSA) is 121 Å². The quantitative estimate of drug-likeness (QED) is 0.496. The van der Waals surface area contributed by atoms with Crippen molar-refractivity contribution in [2.24, 2.45) is 0 Å². The van der Waals surface area contributed by atoms with Crippen LogP contribution in [0.4, 0.5) is 14.5 Å². The van der Waals surface area contributed by atoms with Gasteiger partial charge in [-0.05, 0) is 30.7 Å². The van der Waals surface area contributed by atoms with E-state index in [1.165, 1.54) is 6.07 Å². The number of nitro benzene ring substituents is 1. The molecule has 0 saturated heterocycles. The van der Waals surface area contributed by atoms with Crippen molar-refractivity contribution in [3.63, 3.8) is 0 Å². The summed E-state index contributed by atoms with van der Waals surface area (Å²) in [6.45, 7) is 1.05. The summed E-state index contributed by atoms with van der Waals surface area (Å²) < 4.78 is 27.5. The lowest BCUT2D eigenvalue weighted by atomic mass is 9.94. The van der Waals surface area contributed by atoms with Crippen LogP contribution in [0.25, 0.3) is 0 Å². The lowest BCUT2D eigenvalue weighted by molar-refractivity contribution is -0.385. The molecule has 132 valence electrons. The van der Waals surface area contributed by atoms with E-state index in [1.807, 2.05) is 0 Å². The maximum absolute atomic E-state index is 13.8. The van der Waals surface area contributed by atoms with Crippen LogP contribution in [0.2, 0.25) is 0 Å². The molecular formula is C17H10F2N2O5. The molecule has 0 heterocycles. The lowest BCUT2D eigenvalue weighted by Crippen LogP contribution is -2.16. The summed E-state index contributed by atoms with van der Waals surface area (Å²) in [5, 5.41) is 29.1. The van der Waals surface area contributed by atoms with Crippen LogP contribution in [0.15, 0.2) is 24.3 Å². The highest BCUT2D eigenvalue weighted by Crippen LogP contribution is 2.30. The van der Waals surface area contributed by atoms with E-state index in [0.717, 1.165) is 19.1 Å². The Kier molecular flexibility index (Phi) is 5.07. The van der Waals surface area contributed by atoms with E-state index in [-0.39, 0.29) is 11.1 Å². The maximum Gasteiger partial charge on any atom is 0.336 e. The van der Waals surface area contributed by atoms with Gasteiger partial charge in [0.05, 0.1) is 21.6 Å². The van der Waals surface area contributed by atoms with Crippen molar-refractivity contribution < 1.29 is 28.4 Å². The van der Waals surface area contributed by atoms with Crippen LogP contribution in [0, 0.1) is 40.0 Å². The molecule has 0 aliphatic heterocycles. The highest BCUT2D eigenvalue weighted by Gasteiger charge is 2.31. The van der Waals surface area contributed by atoms with Gasteiger partial charge in [-0.15, -0.1) is 0 Å². The first-order valence-electron chi connectivity index (χ1n) is 7.09. The van der Waals surface area contributed by atoms with E-state index in [2.05, 4.69) is 0 Å². The zero-order valence-electron chi connectivity index (χ0n) is 13.2. The molecule has 0 unspecified atom stereocenters. The molecule has 0 spiro atoms. The Hall–Kier alpha value is -3.67. The number of hydrogen-bond donors (Lipinski definition) is 1. The minimum absolute atomic E-state index is 0.0825. The van der Waals surface area contributed by atoms with Gasteiger partial charge in [-0.1, -0.05) is 6.07 Å². The van der Waals surface area contributed by atoms with Gasteiger partial charge in [0.15, 0.2) is 5.78 Å². The van der Waals surface area contributed by atoms with E-state index < -0.39 is 57.1 Å². The first kappa shape index (κ1) is 18.7. The first-order valence-corrected chi connectivity index (χ1v) is 7.09. The van der Waals surface area contributed by atoms with Gasteiger partial charge >= 0.3 is 5.97 Å². The molecule has 9 heteroatoms. The van der Waals surface area contributed by atoms with Crippen molar-refractivity contribution in [2.75, 3.05) is 0 Å². The number of nitrogens with zero attached hydrogens (tertiary/aromatic N) is 2. The predicted octanol–water partition coefficient (Wildman–Crippen LogP) is 3.18. The standard InChI is InChI=1S/C17H10F2N2O5/c1-8-12(18)6-11(17(23)24)15(16(8)21(25)26)14(22)5-9-2-3-10(7-20)13(19)4-9/h2-4,6H,5H2,1H3,(H,23,24). The van der Waals surface area contributed by atoms with E-state index in [1.54, 1.807) is 6.07 Å². The predicted molar refractivity (Wildman–Crippen MR) is 83.9 cm³/mol. The van der Waals surface area contributed by atoms with Gasteiger partial charge in [-0.3, -0.25) is 14.9 Å². The number of benzene rings is 2. The van der Waals surface area contributed by atoms with Gasteiger partial charge in [0.2, 0.25) is 0 Å². The molecule has 2 rings (SSSR count). The third-order valence-corrected chi connectivity index (χ3v) is 3.70. The molecule has 0 bridgehead atoms. The molecular weight excluding hydrogens is 350 g/mol. The summed E-state index contributed by atoms with van der Waals surface area (Å²) in [4.78, 5) is 34.1. The van der Waals surface area contributed by atoms with Crippen LogP contribution in [0.3, 0.4) is 0 Å². The summed E-state index contributed by atoms with van der Waals surface area (Å²) in [6.07, 6.45) is -0.561. The van der Waals surface area contributed by atoms with Crippen molar-refractivity contribution in [1.82, 2.24) is 0 Å². The number of carboxylic acid groups (broad SMARTS) is 1. The van der Waals surface area contributed by atoms with Gasteiger partial charge in [0.1, 0.15) is 23.3 Å². The zero-order valence-corrected chi connectivity index (χ0v) is 13.2. The molecule has 7 nitrogen and oxygen atoms in total. The molecule has 0 radical (unpaired) electrons. The molecule has 0 aliphatic carbocycles. The molecule has 0 aliphatic rings. The normalized spacial score (nSPS) is 10.2. The number of carbonyl (C=O) groups excluding carboxylic acids is 1. The highest BCUT2D eigenvalue weighted by atomic mass is 19.1. The van der Waals surface area contributed by atoms with E-state index in [4.69, 9.17) is 5.26 Å². The molecule has 1 N–H and O–H groups in total. The number of hydrogen-bond acceptors (Lipinski definition) is 5. The molecule has 0 amide bonds. The van der Waals surface area contributed by atoms with Crippen molar-refractivity contribution in [3.05, 3.63) is 73.8 Å². The number of nitro groups is 1. The monoisotopic (exact) mass is 360 g/mol. The number of nitriles is 1. The number of rotatable bonds is 5. The van der Waals surface area contributed by atoms with E-state index in [0.29, 0.717) is 6.07 Å². The molecule has 26 heavy (non-hydrogen) atoms. The van der Waals surface area contributed by atoms with Crippen molar-refractivity contribution in [3.8, 4) is 6.07 Å². The number of carboxylic acids is 1. The Morgan fingerprint density at radius 3 is 2.42 bits per heavy atom. The second kappa shape index (κ2) is 7.06. The first-order chi connectivity index (χ1) is 12.2. The van der Waals surface area contributed by atoms with Gasteiger partial charge in [-0.25, -0.2) is 13.6 Å². The minimum Gasteiger partial charge on any atom is -0.478 e. The fourth-order valence-corrected chi connectivity index (χ4v) is 2.45. The second-order valence-electron chi connectivity index (χ2n) is 5.34. The lowest BCUT2D eigenvalue weighted by Gasteiger charge is -2.10. The Balaban J connectivity index is 2.59. The van der Waals surface area contributed by atoms with Crippen LogP contribution in [0.5, 0.6) is 0 Å². The van der Waals surface area contributed by atoms with Crippen molar-refractivity contribution >= 4 is 17.4 Å². The van der Waals surface area contributed by atoms with Crippen LogP contribution < -0.4 is 0 Å². The Morgan fingerprint density at radius 2 is 1.92 bits per heavy atom. The summed E-state index contributed by atoms with van der Waals surface area (Å²) in [7, 11) is 0. The molecule has 2 aromatic carbocycles. The van der Waals surface area contributed by atoms with E-state index >= 15 is 0 Å². The van der Waals surface area contributed by atoms with E-state index in [9.17, 15) is 33.6 Å². The Bertz CT molecular complexity index is 996. The highest BCUT2D eigenvalue weighted by molar-refractivity contribution is 6.09. The Morgan fingerprint density at radius 1 is 1.27 bits per heavy atom. The molecule has 0 aromatic heterocycles. The van der Waals surface area contributed by atoms with Crippen molar-refractivity contribution in [1.29, 1.82) is 5.26 Å². The zero-order chi connectivity index (χ0) is 19.6. The summed E-state index contributed by atoms with van der Waals surface area (Å²) in [6, 6.07) is 5.43. The molecule has 0 atom stereocenters. The third-order valence-electron chi connectivity index (χ3n) is 3.70. The Labute approximate surface area is 145 Å². The fraction of sp³-hybridized carbons (Fsp3) is 0.118. The van der Waals surface area contributed by atoms with Crippen LogP contribution in [0.1, 0.15) is 37.4 Å². The van der Waals surface area contributed by atoms with Gasteiger partial charge in [0.25, 0.3) is 5.69 Å². The van der Waals surface area contributed by atoms with Gasteiger partial charge in [0, 0.05) is 6.42 Å². The summed E-state index contributed by atoms with van der Waals surface area (Å²) in [5.74, 6) is -4.71. The molecule has 0 fully saturated rings.